The predicted octanol–water partition coefficient (Wildman–Crippen LogP) is 4.91. The van der Waals surface area contributed by atoms with Crippen LogP contribution in [0.25, 0.3) is 16.6 Å². The van der Waals surface area contributed by atoms with Crippen molar-refractivity contribution in [2.24, 2.45) is 4.99 Å². The van der Waals surface area contributed by atoms with Gasteiger partial charge in [0.15, 0.2) is 0 Å². The number of aromatic nitrogens is 1. The molecule has 1 aliphatic heterocycles. The second kappa shape index (κ2) is 7.42. The Bertz CT molecular complexity index is 1210. The van der Waals surface area contributed by atoms with Crippen LogP contribution in [0.4, 0.5) is 4.39 Å². The Hall–Kier alpha value is -3.46. The molecule has 2 heterocycles. The summed E-state index contributed by atoms with van der Waals surface area (Å²) < 4.78 is 15.7. The number of halogens is 1. The van der Waals surface area contributed by atoms with Gasteiger partial charge in [0.25, 0.3) is 0 Å². The molecule has 1 aromatic heterocycles. The van der Waals surface area contributed by atoms with Gasteiger partial charge in [-0.3, -0.25) is 9.79 Å². The minimum atomic E-state index is -0.869. The molecule has 0 radical (unpaired) electrons. The molecule has 0 aliphatic carbocycles. The molecule has 0 saturated carbocycles. The first-order valence-electron chi connectivity index (χ1n) is 9.87. The van der Waals surface area contributed by atoms with Crippen LogP contribution in [0, 0.1) is 17.1 Å². The third-order valence-electron chi connectivity index (χ3n) is 5.66. The number of carboxylic acids is 1. The molecule has 1 N–H and O–H groups in total. The Kier molecular flexibility index (Phi) is 4.90. The SMILES string of the molecule is CC(C)(CC#N)c1c(CCC(=O)O)c2cc3c(cc2n1-c1ccc(F)cc1)C=NC3. The number of fused-ring (bicyclic) bond motifs is 2. The van der Waals surface area contributed by atoms with Gasteiger partial charge in [0.05, 0.1) is 18.1 Å². The highest BCUT2D eigenvalue weighted by atomic mass is 19.1. The van der Waals surface area contributed by atoms with Crippen molar-refractivity contribution in [1.29, 1.82) is 5.26 Å². The van der Waals surface area contributed by atoms with Crippen LogP contribution in [-0.4, -0.2) is 21.9 Å². The van der Waals surface area contributed by atoms with Gasteiger partial charge >= 0.3 is 5.97 Å². The molecule has 0 amide bonds. The average Bonchev–Trinajstić information content (AvgIpc) is 3.27. The van der Waals surface area contributed by atoms with Gasteiger partial charge in [0.1, 0.15) is 5.82 Å². The van der Waals surface area contributed by atoms with Crippen molar-refractivity contribution in [1.82, 2.24) is 4.57 Å². The standard InChI is InChI=1S/C24H22FN3O2/c1-24(2,9-10-26)23-19(7-8-22(29)30)20-11-15-13-27-14-16(15)12-21(20)28(23)18-5-3-17(25)4-6-18/h3-6,11-12,14H,7-9,13H2,1-2H3,(H,29,30). The number of nitriles is 1. The molecule has 152 valence electrons. The van der Waals surface area contributed by atoms with E-state index in [-0.39, 0.29) is 18.7 Å². The van der Waals surface area contributed by atoms with E-state index in [1.54, 1.807) is 12.1 Å². The number of benzene rings is 2. The first-order chi connectivity index (χ1) is 14.3. The third kappa shape index (κ3) is 3.37. The molecule has 0 unspecified atom stereocenters. The van der Waals surface area contributed by atoms with Crippen molar-refractivity contribution in [3.8, 4) is 11.8 Å². The summed E-state index contributed by atoms with van der Waals surface area (Å²) >= 11 is 0. The number of aryl methyl sites for hydroxylation is 1. The smallest absolute Gasteiger partial charge is 0.303 e. The van der Waals surface area contributed by atoms with E-state index in [0.29, 0.717) is 13.0 Å². The highest BCUT2D eigenvalue weighted by Crippen LogP contribution is 2.40. The molecular formula is C24H22FN3O2. The summed E-state index contributed by atoms with van der Waals surface area (Å²) in [4.78, 5) is 15.7. The molecule has 30 heavy (non-hydrogen) atoms. The van der Waals surface area contributed by atoms with E-state index in [0.717, 1.165) is 39.0 Å². The number of nitrogens with zero attached hydrogens (tertiary/aromatic N) is 3. The van der Waals surface area contributed by atoms with Crippen molar-refractivity contribution in [3.63, 3.8) is 0 Å². The molecule has 3 aromatic rings. The molecule has 5 nitrogen and oxygen atoms in total. The predicted molar refractivity (Wildman–Crippen MR) is 114 cm³/mol. The summed E-state index contributed by atoms with van der Waals surface area (Å²) in [6, 6.07) is 12.6. The minimum absolute atomic E-state index is 0.00819. The fraction of sp³-hybridized carbons (Fsp3) is 0.292. The lowest BCUT2D eigenvalue weighted by Crippen LogP contribution is -2.23. The zero-order chi connectivity index (χ0) is 21.5. The fourth-order valence-corrected chi connectivity index (χ4v) is 4.29. The molecule has 0 spiro atoms. The van der Waals surface area contributed by atoms with E-state index < -0.39 is 11.4 Å². The van der Waals surface area contributed by atoms with Gasteiger partial charge in [-0.15, -0.1) is 0 Å². The number of rotatable bonds is 6. The Morgan fingerprint density at radius 3 is 2.70 bits per heavy atom. The molecule has 0 fully saturated rings. The molecule has 4 rings (SSSR count). The number of aliphatic imine (C=N–C) groups is 1. The molecule has 1 aliphatic rings. The van der Waals surface area contributed by atoms with E-state index in [1.807, 2.05) is 20.1 Å². The summed E-state index contributed by atoms with van der Waals surface area (Å²) in [7, 11) is 0. The number of carbonyl (C=O) groups is 1. The second-order valence-corrected chi connectivity index (χ2v) is 8.29. The molecule has 6 heteroatoms. The van der Waals surface area contributed by atoms with Crippen LogP contribution in [0.1, 0.15) is 49.1 Å². The van der Waals surface area contributed by atoms with Gasteiger partial charge in [-0.2, -0.15) is 5.26 Å². The molecule has 0 atom stereocenters. The first-order valence-corrected chi connectivity index (χ1v) is 9.87. The summed E-state index contributed by atoms with van der Waals surface area (Å²) in [6.45, 7) is 4.58. The maximum Gasteiger partial charge on any atom is 0.303 e. The zero-order valence-electron chi connectivity index (χ0n) is 16.9. The number of aliphatic carboxylic acids is 1. The van der Waals surface area contributed by atoms with Crippen molar-refractivity contribution in [3.05, 3.63) is 64.6 Å². The maximum atomic E-state index is 13.6. The van der Waals surface area contributed by atoms with Crippen LogP contribution in [0.5, 0.6) is 0 Å². The lowest BCUT2D eigenvalue weighted by atomic mass is 9.82. The van der Waals surface area contributed by atoms with Crippen molar-refractivity contribution < 1.29 is 14.3 Å². The van der Waals surface area contributed by atoms with E-state index >= 15 is 0 Å². The summed E-state index contributed by atoms with van der Waals surface area (Å²) in [5.74, 6) is -1.20. The van der Waals surface area contributed by atoms with E-state index in [4.69, 9.17) is 0 Å². The lowest BCUT2D eigenvalue weighted by molar-refractivity contribution is -0.136. The van der Waals surface area contributed by atoms with Crippen LogP contribution in [0.2, 0.25) is 0 Å². The summed E-state index contributed by atoms with van der Waals surface area (Å²) in [5, 5.41) is 19.8. The van der Waals surface area contributed by atoms with Crippen molar-refractivity contribution >= 4 is 23.1 Å². The van der Waals surface area contributed by atoms with Crippen LogP contribution < -0.4 is 0 Å². The Morgan fingerprint density at radius 2 is 2.03 bits per heavy atom. The van der Waals surface area contributed by atoms with Crippen LogP contribution >= 0.6 is 0 Å². The van der Waals surface area contributed by atoms with E-state index in [9.17, 15) is 19.6 Å². The van der Waals surface area contributed by atoms with Gasteiger partial charge in [0.2, 0.25) is 0 Å². The minimum Gasteiger partial charge on any atom is -0.481 e. The largest absolute Gasteiger partial charge is 0.481 e. The van der Waals surface area contributed by atoms with Crippen LogP contribution in [0.3, 0.4) is 0 Å². The van der Waals surface area contributed by atoms with E-state index in [1.165, 1.54) is 12.1 Å². The van der Waals surface area contributed by atoms with Crippen molar-refractivity contribution in [2.45, 2.75) is 45.1 Å². The molecule has 0 saturated heterocycles. The number of carboxylic acid groups (broad SMARTS) is 1. The Balaban J connectivity index is 2.09. The first kappa shape index (κ1) is 19.8. The zero-order valence-corrected chi connectivity index (χ0v) is 16.9. The summed E-state index contributed by atoms with van der Waals surface area (Å²) in [6.07, 6.45) is 2.45. The third-order valence-corrected chi connectivity index (χ3v) is 5.66. The van der Waals surface area contributed by atoms with Crippen molar-refractivity contribution in [2.75, 3.05) is 0 Å². The fourth-order valence-electron chi connectivity index (χ4n) is 4.29. The normalized spacial score (nSPS) is 12.9. The van der Waals surface area contributed by atoms with E-state index in [2.05, 4.69) is 27.8 Å². The Labute approximate surface area is 174 Å². The average molecular weight is 403 g/mol. The van der Waals surface area contributed by atoms with Crippen LogP contribution in [0.15, 0.2) is 41.4 Å². The van der Waals surface area contributed by atoms with Gasteiger partial charge < -0.3 is 9.67 Å². The van der Waals surface area contributed by atoms with Gasteiger partial charge in [-0.05, 0) is 59.5 Å². The highest BCUT2D eigenvalue weighted by molar-refractivity contribution is 5.96. The maximum absolute atomic E-state index is 13.6. The van der Waals surface area contributed by atoms with Gasteiger partial charge in [-0.25, -0.2) is 4.39 Å². The van der Waals surface area contributed by atoms with Crippen LogP contribution in [-0.2, 0) is 23.2 Å². The molecule has 0 bridgehead atoms. The summed E-state index contributed by atoms with van der Waals surface area (Å²) in [5.41, 5.74) is 5.10. The second-order valence-electron chi connectivity index (χ2n) is 8.29. The molecular weight excluding hydrogens is 381 g/mol. The molecule has 2 aromatic carbocycles. The topological polar surface area (TPSA) is 78.4 Å². The van der Waals surface area contributed by atoms with Gasteiger partial charge in [0, 0.05) is 41.2 Å². The quantitative estimate of drug-likeness (QED) is 0.635. The van der Waals surface area contributed by atoms with Gasteiger partial charge in [-0.1, -0.05) is 13.8 Å². The number of hydrogen-bond donors (Lipinski definition) is 1. The number of hydrogen-bond acceptors (Lipinski definition) is 3. The lowest BCUT2D eigenvalue weighted by Gasteiger charge is -2.26. The Morgan fingerprint density at radius 1 is 1.30 bits per heavy atom. The monoisotopic (exact) mass is 403 g/mol. The highest BCUT2D eigenvalue weighted by Gasteiger charge is 2.32.